The summed E-state index contributed by atoms with van der Waals surface area (Å²) in [6.07, 6.45) is 12.5. The van der Waals surface area contributed by atoms with Crippen LogP contribution in [-0.2, 0) is 4.79 Å². The molecule has 0 heterocycles. The zero-order valence-electron chi connectivity index (χ0n) is 8.41. The number of allylic oxidation sites excluding steroid dienone is 4. The molecular formula is C13H16O. The number of fused-ring (bicyclic) bond motifs is 3. The lowest BCUT2D eigenvalue weighted by atomic mass is 9.76. The quantitative estimate of drug-likeness (QED) is 0.571. The molecule has 0 amide bonds. The first-order chi connectivity index (χ1) is 6.88. The van der Waals surface area contributed by atoms with Crippen LogP contribution in [0.4, 0.5) is 0 Å². The minimum atomic E-state index is 0.389. The van der Waals surface area contributed by atoms with Gasteiger partial charge in [0.2, 0.25) is 0 Å². The van der Waals surface area contributed by atoms with Gasteiger partial charge in [0.25, 0.3) is 0 Å². The lowest BCUT2D eigenvalue weighted by Crippen LogP contribution is -2.21. The first kappa shape index (κ1) is 8.46. The molecule has 3 unspecified atom stereocenters. The zero-order valence-corrected chi connectivity index (χ0v) is 8.41. The highest BCUT2D eigenvalue weighted by Gasteiger charge is 2.46. The van der Waals surface area contributed by atoms with E-state index in [1.807, 2.05) is 0 Å². The second kappa shape index (κ2) is 3.08. The van der Waals surface area contributed by atoms with Crippen molar-refractivity contribution in [3.8, 4) is 0 Å². The Bertz CT molecular complexity index is 324. The average molecular weight is 188 g/mol. The van der Waals surface area contributed by atoms with Crippen LogP contribution in [0, 0.1) is 17.8 Å². The predicted molar refractivity (Wildman–Crippen MR) is 55.8 cm³/mol. The Kier molecular flexibility index (Phi) is 1.86. The van der Waals surface area contributed by atoms with Crippen LogP contribution in [0.15, 0.2) is 23.8 Å². The van der Waals surface area contributed by atoms with E-state index >= 15 is 0 Å². The Balaban J connectivity index is 1.97. The molecule has 0 aromatic rings. The van der Waals surface area contributed by atoms with E-state index in [9.17, 15) is 4.79 Å². The van der Waals surface area contributed by atoms with Crippen LogP contribution in [0.2, 0.25) is 0 Å². The van der Waals surface area contributed by atoms with Gasteiger partial charge in [-0.3, -0.25) is 4.79 Å². The molecule has 0 N–H and O–H groups in total. The highest BCUT2D eigenvalue weighted by molar-refractivity contribution is 6.01. The third kappa shape index (κ3) is 1.05. The second-order valence-corrected chi connectivity index (χ2v) is 4.81. The normalized spacial score (nSPS) is 40.4. The van der Waals surface area contributed by atoms with Crippen molar-refractivity contribution in [3.05, 3.63) is 23.8 Å². The Morgan fingerprint density at radius 2 is 2.00 bits per heavy atom. The lowest BCUT2D eigenvalue weighted by molar-refractivity contribution is -0.119. The Morgan fingerprint density at radius 1 is 1.14 bits per heavy atom. The molecule has 0 saturated heterocycles. The monoisotopic (exact) mass is 188 g/mol. The summed E-state index contributed by atoms with van der Waals surface area (Å²) in [5.74, 6) is 2.13. The summed E-state index contributed by atoms with van der Waals surface area (Å²) >= 11 is 0. The molecule has 0 radical (unpaired) electrons. The molecule has 0 aliphatic heterocycles. The first-order valence-electron chi connectivity index (χ1n) is 5.79. The average Bonchev–Trinajstić information content (AvgIpc) is 2.55. The van der Waals surface area contributed by atoms with Crippen molar-refractivity contribution in [2.24, 2.45) is 17.8 Å². The van der Waals surface area contributed by atoms with E-state index in [-0.39, 0.29) is 0 Å². The van der Waals surface area contributed by atoms with Crippen molar-refractivity contribution in [3.63, 3.8) is 0 Å². The minimum Gasteiger partial charge on any atom is -0.294 e. The molecule has 0 aromatic heterocycles. The summed E-state index contributed by atoms with van der Waals surface area (Å²) in [6.45, 7) is 0. The van der Waals surface area contributed by atoms with Crippen molar-refractivity contribution in [1.82, 2.24) is 0 Å². The van der Waals surface area contributed by atoms with Crippen LogP contribution >= 0.6 is 0 Å². The highest BCUT2D eigenvalue weighted by atomic mass is 16.1. The number of hydrogen-bond acceptors (Lipinski definition) is 1. The first-order valence-corrected chi connectivity index (χ1v) is 5.79. The van der Waals surface area contributed by atoms with E-state index in [1.54, 1.807) is 0 Å². The summed E-state index contributed by atoms with van der Waals surface area (Å²) in [5, 5.41) is 0. The number of hydrogen-bond donors (Lipinski definition) is 0. The number of Topliss-reactive ketones (excluding diaryl/α,β-unsaturated/α-hetero) is 1. The van der Waals surface area contributed by atoms with Gasteiger partial charge < -0.3 is 0 Å². The molecule has 2 fully saturated rings. The maximum absolute atomic E-state index is 12.1. The van der Waals surface area contributed by atoms with Crippen molar-refractivity contribution < 1.29 is 4.79 Å². The van der Waals surface area contributed by atoms with Crippen molar-refractivity contribution >= 4 is 5.78 Å². The van der Waals surface area contributed by atoms with Crippen LogP contribution in [0.1, 0.15) is 32.1 Å². The van der Waals surface area contributed by atoms with Crippen LogP contribution in [0.5, 0.6) is 0 Å². The minimum absolute atomic E-state index is 0.389. The fourth-order valence-electron chi connectivity index (χ4n) is 3.50. The van der Waals surface area contributed by atoms with E-state index in [1.165, 1.54) is 19.3 Å². The van der Waals surface area contributed by atoms with Crippen LogP contribution < -0.4 is 0 Å². The zero-order chi connectivity index (χ0) is 9.54. The van der Waals surface area contributed by atoms with Gasteiger partial charge in [-0.15, -0.1) is 0 Å². The van der Waals surface area contributed by atoms with Gasteiger partial charge in [-0.2, -0.15) is 0 Å². The molecule has 2 saturated carbocycles. The van der Waals surface area contributed by atoms with E-state index in [0.717, 1.165) is 18.4 Å². The predicted octanol–water partition coefficient (Wildman–Crippen LogP) is 2.88. The topological polar surface area (TPSA) is 17.1 Å². The second-order valence-electron chi connectivity index (χ2n) is 4.81. The fraction of sp³-hybridized carbons (Fsp3) is 0.615. The molecule has 0 spiro atoms. The van der Waals surface area contributed by atoms with Crippen molar-refractivity contribution in [2.75, 3.05) is 0 Å². The van der Waals surface area contributed by atoms with Gasteiger partial charge in [0.1, 0.15) is 0 Å². The van der Waals surface area contributed by atoms with Gasteiger partial charge in [-0.05, 0) is 36.7 Å². The van der Waals surface area contributed by atoms with E-state index in [0.29, 0.717) is 23.5 Å². The number of rotatable bonds is 0. The van der Waals surface area contributed by atoms with Crippen LogP contribution in [0.3, 0.4) is 0 Å². The summed E-state index contributed by atoms with van der Waals surface area (Å²) < 4.78 is 0. The largest absolute Gasteiger partial charge is 0.294 e. The molecule has 0 bridgehead atoms. The molecule has 3 aliphatic carbocycles. The van der Waals surface area contributed by atoms with E-state index in [4.69, 9.17) is 0 Å². The number of ketones is 1. The standard InChI is InChI=1S/C13H16O/c14-13-11-7-3-1-5-9(11)10-6-2-4-8-12(10)13/h1,3,7,9-10,12H,2,4-6,8H2. The highest BCUT2D eigenvalue weighted by Crippen LogP contribution is 2.48. The molecule has 3 atom stereocenters. The molecule has 1 heteroatoms. The number of carbonyl (C=O) groups excluding carboxylic acids is 1. The van der Waals surface area contributed by atoms with Crippen LogP contribution in [0.25, 0.3) is 0 Å². The fourth-order valence-corrected chi connectivity index (χ4v) is 3.50. The molecular weight excluding hydrogens is 172 g/mol. The third-order valence-corrected chi connectivity index (χ3v) is 4.16. The summed E-state index contributed by atoms with van der Waals surface area (Å²) in [6, 6.07) is 0. The van der Waals surface area contributed by atoms with Gasteiger partial charge in [0.15, 0.2) is 5.78 Å². The molecule has 14 heavy (non-hydrogen) atoms. The molecule has 3 aliphatic rings. The summed E-state index contributed by atoms with van der Waals surface area (Å²) in [5.41, 5.74) is 1.14. The van der Waals surface area contributed by atoms with Gasteiger partial charge in [-0.1, -0.05) is 31.1 Å². The lowest BCUT2D eigenvalue weighted by Gasteiger charge is -2.27. The Labute approximate surface area is 84.9 Å². The summed E-state index contributed by atoms with van der Waals surface area (Å²) in [7, 11) is 0. The maximum atomic E-state index is 12.1. The van der Waals surface area contributed by atoms with Crippen molar-refractivity contribution in [2.45, 2.75) is 32.1 Å². The van der Waals surface area contributed by atoms with E-state index in [2.05, 4.69) is 18.2 Å². The molecule has 0 aromatic carbocycles. The third-order valence-electron chi connectivity index (χ3n) is 4.16. The number of carbonyl (C=O) groups is 1. The van der Waals surface area contributed by atoms with Crippen LogP contribution in [-0.4, -0.2) is 5.78 Å². The van der Waals surface area contributed by atoms with Gasteiger partial charge in [-0.25, -0.2) is 0 Å². The molecule has 74 valence electrons. The van der Waals surface area contributed by atoms with Crippen molar-refractivity contribution in [1.29, 1.82) is 0 Å². The summed E-state index contributed by atoms with van der Waals surface area (Å²) in [4.78, 5) is 12.1. The van der Waals surface area contributed by atoms with Gasteiger partial charge in [0, 0.05) is 5.92 Å². The Morgan fingerprint density at radius 3 is 2.93 bits per heavy atom. The smallest absolute Gasteiger partial charge is 0.162 e. The van der Waals surface area contributed by atoms with Gasteiger partial charge in [0.05, 0.1) is 0 Å². The van der Waals surface area contributed by atoms with E-state index < -0.39 is 0 Å². The molecule has 1 nitrogen and oxygen atoms in total. The SMILES string of the molecule is O=C1C2=CC=CCC2C2CCCCC12. The van der Waals surface area contributed by atoms with Gasteiger partial charge >= 0.3 is 0 Å². The molecule has 3 rings (SSSR count). The maximum Gasteiger partial charge on any atom is 0.162 e. The Hall–Kier alpha value is -0.850.